The average molecular weight is 362 g/mol. The van der Waals surface area contributed by atoms with Crippen molar-refractivity contribution in [3.05, 3.63) is 77.7 Å². The Labute approximate surface area is 156 Å². The van der Waals surface area contributed by atoms with Gasteiger partial charge in [0.05, 0.1) is 12.2 Å². The van der Waals surface area contributed by atoms with Crippen molar-refractivity contribution in [3.8, 4) is 5.75 Å². The molecule has 0 bridgehead atoms. The van der Waals surface area contributed by atoms with Crippen LogP contribution in [-0.4, -0.2) is 18.4 Å². The molecule has 1 aromatic heterocycles. The van der Waals surface area contributed by atoms with Crippen LogP contribution in [0.5, 0.6) is 5.75 Å². The number of rotatable bonds is 4. The van der Waals surface area contributed by atoms with Gasteiger partial charge in [0, 0.05) is 5.69 Å². The molecule has 2 aromatic carbocycles. The maximum Gasteiger partial charge on any atom is 0.291 e. The SMILES string of the molecule is Cc1ccc(NC(=O)c2ccc(CN3C(=O)COc4ccccc43)o2)cc1. The van der Waals surface area contributed by atoms with E-state index in [0.29, 0.717) is 22.9 Å². The second-order valence-corrected chi connectivity index (χ2v) is 6.32. The maximum absolute atomic E-state index is 12.4. The Kier molecular flexibility index (Phi) is 4.38. The molecule has 136 valence electrons. The van der Waals surface area contributed by atoms with E-state index in [4.69, 9.17) is 9.15 Å². The summed E-state index contributed by atoms with van der Waals surface area (Å²) < 4.78 is 11.1. The molecule has 0 fully saturated rings. The fourth-order valence-corrected chi connectivity index (χ4v) is 2.90. The molecular weight excluding hydrogens is 344 g/mol. The normalized spacial score (nSPS) is 13.1. The number of aryl methyl sites for hydroxylation is 1. The number of para-hydroxylation sites is 2. The molecule has 1 N–H and O–H groups in total. The summed E-state index contributed by atoms with van der Waals surface area (Å²) in [5.41, 5.74) is 2.50. The van der Waals surface area contributed by atoms with E-state index >= 15 is 0 Å². The second-order valence-electron chi connectivity index (χ2n) is 6.32. The van der Waals surface area contributed by atoms with Gasteiger partial charge in [-0.15, -0.1) is 0 Å². The molecule has 0 unspecified atom stereocenters. The van der Waals surface area contributed by atoms with Crippen molar-refractivity contribution >= 4 is 23.2 Å². The minimum Gasteiger partial charge on any atom is -0.482 e. The molecule has 0 radical (unpaired) electrons. The number of anilines is 2. The van der Waals surface area contributed by atoms with Gasteiger partial charge in [0.25, 0.3) is 11.8 Å². The summed E-state index contributed by atoms with van der Waals surface area (Å²) in [4.78, 5) is 26.2. The molecule has 0 saturated carbocycles. The predicted molar refractivity (Wildman–Crippen MR) is 101 cm³/mol. The van der Waals surface area contributed by atoms with Gasteiger partial charge in [-0.25, -0.2) is 0 Å². The van der Waals surface area contributed by atoms with E-state index < -0.39 is 0 Å². The molecule has 1 aliphatic rings. The predicted octanol–water partition coefficient (Wildman–Crippen LogP) is 3.77. The van der Waals surface area contributed by atoms with E-state index in [0.717, 1.165) is 5.56 Å². The van der Waals surface area contributed by atoms with Crippen LogP contribution < -0.4 is 15.0 Å². The van der Waals surface area contributed by atoms with E-state index in [1.807, 2.05) is 55.5 Å². The lowest BCUT2D eigenvalue weighted by Crippen LogP contribution is -2.38. The third kappa shape index (κ3) is 3.55. The Morgan fingerprint density at radius 2 is 1.85 bits per heavy atom. The van der Waals surface area contributed by atoms with Gasteiger partial charge >= 0.3 is 0 Å². The molecule has 6 nitrogen and oxygen atoms in total. The smallest absolute Gasteiger partial charge is 0.291 e. The molecule has 2 amide bonds. The van der Waals surface area contributed by atoms with Crippen LogP contribution in [0.4, 0.5) is 11.4 Å². The lowest BCUT2D eigenvalue weighted by Gasteiger charge is -2.28. The van der Waals surface area contributed by atoms with Gasteiger partial charge in [0.1, 0.15) is 11.5 Å². The number of hydrogen-bond donors (Lipinski definition) is 1. The van der Waals surface area contributed by atoms with Crippen molar-refractivity contribution in [3.63, 3.8) is 0 Å². The highest BCUT2D eigenvalue weighted by molar-refractivity contribution is 6.02. The molecule has 0 atom stereocenters. The Morgan fingerprint density at radius 3 is 2.67 bits per heavy atom. The van der Waals surface area contributed by atoms with Gasteiger partial charge in [-0.3, -0.25) is 14.5 Å². The van der Waals surface area contributed by atoms with Gasteiger partial charge < -0.3 is 14.5 Å². The number of nitrogens with one attached hydrogen (secondary N) is 1. The number of fused-ring (bicyclic) bond motifs is 1. The van der Waals surface area contributed by atoms with Crippen molar-refractivity contribution in [2.45, 2.75) is 13.5 Å². The molecule has 27 heavy (non-hydrogen) atoms. The van der Waals surface area contributed by atoms with Crippen LogP contribution in [0.3, 0.4) is 0 Å². The van der Waals surface area contributed by atoms with Crippen molar-refractivity contribution in [1.82, 2.24) is 0 Å². The van der Waals surface area contributed by atoms with Gasteiger partial charge in [-0.1, -0.05) is 29.8 Å². The van der Waals surface area contributed by atoms with E-state index in [2.05, 4.69) is 5.32 Å². The summed E-state index contributed by atoms with van der Waals surface area (Å²) in [5.74, 6) is 0.879. The molecule has 4 rings (SSSR count). The number of nitrogens with zero attached hydrogens (tertiary/aromatic N) is 1. The fraction of sp³-hybridized carbons (Fsp3) is 0.143. The van der Waals surface area contributed by atoms with Crippen LogP contribution in [0, 0.1) is 6.92 Å². The monoisotopic (exact) mass is 362 g/mol. The molecule has 3 aromatic rings. The summed E-state index contributed by atoms with van der Waals surface area (Å²) >= 11 is 0. The Morgan fingerprint density at radius 1 is 1.07 bits per heavy atom. The Balaban J connectivity index is 1.49. The molecule has 1 aliphatic heterocycles. The Hall–Kier alpha value is -3.54. The minimum atomic E-state index is -0.334. The molecule has 0 saturated heterocycles. The zero-order valence-corrected chi connectivity index (χ0v) is 14.8. The lowest BCUT2D eigenvalue weighted by molar-refractivity contribution is -0.121. The largest absolute Gasteiger partial charge is 0.482 e. The van der Waals surface area contributed by atoms with E-state index in [9.17, 15) is 9.59 Å². The topological polar surface area (TPSA) is 71.8 Å². The van der Waals surface area contributed by atoms with Crippen LogP contribution >= 0.6 is 0 Å². The van der Waals surface area contributed by atoms with Crippen LogP contribution in [0.25, 0.3) is 0 Å². The van der Waals surface area contributed by atoms with Crippen LogP contribution in [-0.2, 0) is 11.3 Å². The van der Waals surface area contributed by atoms with Crippen molar-refractivity contribution in [1.29, 1.82) is 0 Å². The highest BCUT2D eigenvalue weighted by atomic mass is 16.5. The highest BCUT2D eigenvalue weighted by Crippen LogP contribution is 2.32. The van der Waals surface area contributed by atoms with Gasteiger partial charge in [0.15, 0.2) is 12.4 Å². The molecule has 0 spiro atoms. The number of furan rings is 1. The molecule has 0 aliphatic carbocycles. The molecule has 6 heteroatoms. The second kappa shape index (κ2) is 6.99. The number of amides is 2. The quantitative estimate of drug-likeness (QED) is 0.767. The van der Waals surface area contributed by atoms with Crippen molar-refractivity contribution in [2.75, 3.05) is 16.8 Å². The maximum atomic E-state index is 12.4. The van der Waals surface area contributed by atoms with Crippen molar-refractivity contribution in [2.24, 2.45) is 0 Å². The van der Waals surface area contributed by atoms with Gasteiger partial charge in [-0.05, 0) is 43.3 Å². The van der Waals surface area contributed by atoms with Crippen molar-refractivity contribution < 1.29 is 18.7 Å². The number of ether oxygens (including phenoxy) is 1. The van der Waals surface area contributed by atoms with Gasteiger partial charge in [-0.2, -0.15) is 0 Å². The Bertz CT molecular complexity index is 991. The van der Waals surface area contributed by atoms with Crippen LogP contribution in [0.15, 0.2) is 65.1 Å². The summed E-state index contributed by atoms with van der Waals surface area (Å²) in [5, 5.41) is 2.79. The first-order valence-electron chi connectivity index (χ1n) is 8.59. The van der Waals surface area contributed by atoms with E-state index in [-0.39, 0.29) is 30.7 Å². The zero-order chi connectivity index (χ0) is 18.8. The fourth-order valence-electron chi connectivity index (χ4n) is 2.90. The number of carbonyl (C=O) groups is 2. The van der Waals surface area contributed by atoms with Gasteiger partial charge in [0.2, 0.25) is 0 Å². The lowest BCUT2D eigenvalue weighted by atomic mass is 10.2. The molecule has 2 heterocycles. The van der Waals surface area contributed by atoms with E-state index in [1.54, 1.807) is 17.0 Å². The number of benzene rings is 2. The third-order valence-electron chi connectivity index (χ3n) is 4.32. The summed E-state index contributed by atoms with van der Waals surface area (Å²) in [7, 11) is 0. The summed E-state index contributed by atoms with van der Waals surface area (Å²) in [6, 6.07) is 18.2. The van der Waals surface area contributed by atoms with Crippen LogP contribution in [0.2, 0.25) is 0 Å². The van der Waals surface area contributed by atoms with E-state index in [1.165, 1.54) is 0 Å². The standard InChI is InChI=1S/C21H18N2O4/c1-14-6-8-15(9-7-14)22-21(25)19-11-10-16(27-19)12-23-17-4-2-3-5-18(17)26-13-20(23)24/h2-11H,12-13H2,1H3,(H,22,25). The highest BCUT2D eigenvalue weighted by Gasteiger charge is 2.26. The minimum absolute atomic E-state index is 0.0154. The first kappa shape index (κ1) is 16.9. The first-order valence-corrected chi connectivity index (χ1v) is 8.59. The first-order chi connectivity index (χ1) is 13.1. The zero-order valence-electron chi connectivity index (χ0n) is 14.8. The number of carbonyl (C=O) groups excluding carboxylic acids is 2. The summed E-state index contributed by atoms with van der Waals surface area (Å²) in [6.07, 6.45) is 0. The average Bonchev–Trinajstić information content (AvgIpc) is 3.15. The number of hydrogen-bond acceptors (Lipinski definition) is 4. The third-order valence-corrected chi connectivity index (χ3v) is 4.32. The van der Waals surface area contributed by atoms with Crippen LogP contribution in [0.1, 0.15) is 21.9 Å². The molecular formula is C21H18N2O4. The summed E-state index contributed by atoms with van der Waals surface area (Å²) in [6.45, 7) is 2.20.